The average Bonchev–Trinajstić information content (AvgIpc) is 2.94. The number of nitro groups is 1. The first-order chi connectivity index (χ1) is 9.63. The van der Waals surface area contributed by atoms with Gasteiger partial charge in [-0.15, -0.1) is 0 Å². The van der Waals surface area contributed by atoms with Gasteiger partial charge < -0.3 is 10.1 Å². The number of hydrogen-bond acceptors (Lipinski definition) is 6. The van der Waals surface area contributed by atoms with E-state index in [1.807, 2.05) is 6.07 Å². The van der Waals surface area contributed by atoms with Gasteiger partial charge in [0.05, 0.1) is 29.4 Å². The summed E-state index contributed by atoms with van der Waals surface area (Å²) >= 11 is 1.10. The van der Waals surface area contributed by atoms with E-state index in [0.717, 1.165) is 22.6 Å². The monoisotopic (exact) mass is 289 g/mol. The van der Waals surface area contributed by atoms with Crippen LogP contribution in [0.4, 0.5) is 10.7 Å². The van der Waals surface area contributed by atoms with Crippen LogP contribution in [0.2, 0.25) is 0 Å². The van der Waals surface area contributed by atoms with Gasteiger partial charge in [-0.05, 0) is 17.7 Å². The van der Waals surface area contributed by atoms with E-state index in [1.54, 1.807) is 23.6 Å². The Morgan fingerprint density at radius 3 is 2.90 bits per heavy atom. The summed E-state index contributed by atoms with van der Waals surface area (Å²) in [5, 5.41) is 24.4. The van der Waals surface area contributed by atoms with Gasteiger partial charge in [0.1, 0.15) is 5.75 Å². The molecule has 7 heteroatoms. The number of nitrogens with one attached hydrogen (secondary N) is 1. The van der Waals surface area contributed by atoms with Gasteiger partial charge in [0.25, 0.3) is 0 Å². The molecule has 0 amide bonds. The Labute approximate surface area is 119 Å². The first kappa shape index (κ1) is 13.8. The minimum absolute atomic E-state index is 0.119. The Kier molecular flexibility index (Phi) is 4.17. The smallest absolute Gasteiger partial charge is 0.324 e. The van der Waals surface area contributed by atoms with Gasteiger partial charge in [-0.25, -0.2) is 0 Å². The Morgan fingerprint density at radius 2 is 2.30 bits per heavy atom. The maximum atomic E-state index is 10.6. The van der Waals surface area contributed by atoms with Crippen LogP contribution in [0, 0.1) is 21.4 Å². The zero-order chi connectivity index (χ0) is 14.5. The molecule has 0 fully saturated rings. The van der Waals surface area contributed by atoms with Crippen molar-refractivity contribution < 1.29 is 9.66 Å². The van der Waals surface area contributed by atoms with Crippen molar-refractivity contribution in [3.8, 4) is 11.8 Å². The number of ether oxygens (including phenoxy) is 1. The second-order valence-corrected chi connectivity index (χ2v) is 4.82. The first-order valence-corrected chi connectivity index (χ1v) is 6.56. The van der Waals surface area contributed by atoms with Crippen LogP contribution in [-0.2, 0) is 6.54 Å². The number of rotatable bonds is 5. The van der Waals surface area contributed by atoms with Gasteiger partial charge >= 0.3 is 5.00 Å². The molecule has 0 radical (unpaired) electrons. The normalized spacial score (nSPS) is 9.80. The quantitative estimate of drug-likeness (QED) is 0.674. The zero-order valence-corrected chi connectivity index (χ0v) is 11.4. The predicted molar refractivity (Wildman–Crippen MR) is 76.0 cm³/mol. The molecule has 0 aliphatic carbocycles. The largest absolute Gasteiger partial charge is 0.495 e. The predicted octanol–water partition coefficient (Wildman–Crippen LogP) is 3.15. The van der Waals surface area contributed by atoms with E-state index in [2.05, 4.69) is 5.32 Å². The van der Waals surface area contributed by atoms with Crippen molar-refractivity contribution in [1.82, 2.24) is 0 Å². The van der Waals surface area contributed by atoms with E-state index < -0.39 is 4.92 Å². The highest BCUT2D eigenvalue weighted by Gasteiger charge is 2.10. The lowest BCUT2D eigenvalue weighted by molar-refractivity contribution is -0.380. The van der Waals surface area contributed by atoms with Crippen molar-refractivity contribution in [2.45, 2.75) is 6.54 Å². The fourth-order valence-electron chi connectivity index (χ4n) is 1.66. The second kappa shape index (κ2) is 6.04. The number of hydrogen-bond donors (Lipinski definition) is 1. The maximum Gasteiger partial charge on any atom is 0.324 e. The van der Waals surface area contributed by atoms with E-state index in [-0.39, 0.29) is 5.00 Å². The SMILES string of the molecule is COc1cc(C#N)ccc1NCc1csc([N+](=O)[O-])c1. The number of nitrogens with zero attached hydrogens (tertiary/aromatic N) is 2. The first-order valence-electron chi connectivity index (χ1n) is 5.68. The molecular formula is C13H11N3O3S. The van der Waals surface area contributed by atoms with Crippen molar-refractivity contribution in [2.24, 2.45) is 0 Å². The third-order valence-electron chi connectivity index (χ3n) is 2.63. The lowest BCUT2D eigenvalue weighted by atomic mass is 10.2. The Bertz CT molecular complexity index is 676. The lowest BCUT2D eigenvalue weighted by Crippen LogP contribution is -2.00. The molecule has 1 aromatic carbocycles. The summed E-state index contributed by atoms with van der Waals surface area (Å²) in [4.78, 5) is 10.2. The van der Waals surface area contributed by atoms with Crippen molar-refractivity contribution in [3.63, 3.8) is 0 Å². The third kappa shape index (κ3) is 3.05. The van der Waals surface area contributed by atoms with Crippen molar-refractivity contribution in [3.05, 3.63) is 50.9 Å². The van der Waals surface area contributed by atoms with Crippen LogP contribution in [-0.4, -0.2) is 12.0 Å². The molecule has 1 N–H and O–H groups in total. The van der Waals surface area contributed by atoms with Crippen LogP contribution in [0.1, 0.15) is 11.1 Å². The number of methoxy groups -OCH3 is 1. The summed E-state index contributed by atoms with van der Waals surface area (Å²) in [6.45, 7) is 0.451. The van der Waals surface area contributed by atoms with Gasteiger partial charge in [-0.1, -0.05) is 11.3 Å². The van der Waals surface area contributed by atoms with Gasteiger partial charge in [-0.2, -0.15) is 5.26 Å². The lowest BCUT2D eigenvalue weighted by Gasteiger charge is -2.10. The molecule has 0 aliphatic heterocycles. The molecule has 102 valence electrons. The van der Waals surface area contributed by atoms with Crippen LogP contribution in [0.15, 0.2) is 29.6 Å². The summed E-state index contributed by atoms with van der Waals surface area (Å²) in [5.74, 6) is 0.564. The Balaban J connectivity index is 2.10. The summed E-state index contributed by atoms with van der Waals surface area (Å²) < 4.78 is 5.20. The minimum atomic E-state index is -0.406. The van der Waals surface area contributed by atoms with Crippen LogP contribution in [0.25, 0.3) is 0 Å². The topological polar surface area (TPSA) is 88.2 Å². The molecule has 2 aromatic rings. The third-order valence-corrected chi connectivity index (χ3v) is 3.56. The van der Waals surface area contributed by atoms with Crippen LogP contribution in [0.3, 0.4) is 0 Å². The van der Waals surface area contributed by atoms with Gasteiger partial charge in [0, 0.05) is 24.1 Å². The molecule has 1 heterocycles. The molecule has 2 rings (SSSR count). The highest BCUT2D eigenvalue weighted by Crippen LogP contribution is 2.27. The molecule has 0 saturated carbocycles. The summed E-state index contributed by atoms with van der Waals surface area (Å²) in [5.41, 5.74) is 2.08. The molecule has 20 heavy (non-hydrogen) atoms. The average molecular weight is 289 g/mol. The van der Waals surface area contributed by atoms with Gasteiger partial charge in [0.15, 0.2) is 0 Å². The molecule has 1 aromatic heterocycles. The highest BCUT2D eigenvalue weighted by molar-refractivity contribution is 7.13. The van der Waals surface area contributed by atoms with Gasteiger partial charge in [-0.3, -0.25) is 10.1 Å². The molecule has 0 unspecified atom stereocenters. The molecule has 6 nitrogen and oxygen atoms in total. The Hall–Kier alpha value is -2.59. The van der Waals surface area contributed by atoms with Gasteiger partial charge in [0.2, 0.25) is 0 Å². The van der Waals surface area contributed by atoms with E-state index in [9.17, 15) is 10.1 Å². The van der Waals surface area contributed by atoms with Crippen LogP contribution >= 0.6 is 11.3 Å². The van der Waals surface area contributed by atoms with Crippen molar-refractivity contribution in [1.29, 1.82) is 5.26 Å². The molecule has 0 atom stereocenters. The van der Waals surface area contributed by atoms with Crippen LogP contribution in [0.5, 0.6) is 5.75 Å². The van der Waals surface area contributed by atoms with E-state index in [4.69, 9.17) is 10.00 Å². The summed E-state index contributed by atoms with van der Waals surface area (Å²) in [6, 6.07) is 8.64. The number of anilines is 1. The number of nitriles is 1. The second-order valence-electron chi connectivity index (χ2n) is 3.93. The van der Waals surface area contributed by atoms with Crippen molar-refractivity contribution >= 4 is 22.0 Å². The van der Waals surface area contributed by atoms with E-state index in [1.165, 1.54) is 13.2 Å². The Morgan fingerprint density at radius 1 is 1.50 bits per heavy atom. The summed E-state index contributed by atoms with van der Waals surface area (Å²) in [7, 11) is 1.52. The van der Waals surface area contributed by atoms with E-state index >= 15 is 0 Å². The fourth-order valence-corrected chi connectivity index (χ4v) is 2.38. The standard InChI is InChI=1S/C13H11N3O3S/c1-19-12-4-9(6-14)2-3-11(12)15-7-10-5-13(16(17)18)20-8-10/h2-5,8,15H,7H2,1H3. The molecule has 0 aliphatic rings. The van der Waals surface area contributed by atoms with Crippen LogP contribution < -0.4 is 10.1 Å². The fraction of sp³-hybridized carbons (Fsp3) is 0.154. The molecule has 0 spiro atoms. The highest BCUT2D eigenvalue weighted by atomic mass is 32.1. The molecular weight excluding hydrogens is 278 g/mol. The maximum absolute atomic E-state index is 10.6. The number of thiophene rings is 1. The van der Waals surface area contributed by atoms with E-state index in [0.29, 0.717) is 17.9 Å². The van der Waals surface area contributed by atoms with Crippen molar-refractivity contribution in [2.75, 3.05) is 12.4 Å². The number of benzene rings is 1. The zero-order valence-electron chi connectivity index (χ0n) is 10.6. The summed E-state index contributed by atoms with van der Waals surface area (Å²) in [6.07, 6.45) is 0. The minimum Gasteiger partial charge on any atom is -0.495 e. The molecule has 0 bridgehead atoms. The molecule has 0 saturated heterocycles.